The second-order valence-corrected chi connectivity index (χ2v) is 5.30. The summed E-state index contributed by atoms with van der Waals surface area (Å²) in [7, 11) is 1.62. The van der Waals surface area contributed by atoms with Crippen LogP contribution >= 0.6 is 0 Å². The van der Waals surface area contributed by atoms with E-state index in [1.165, 1.54) is 12.5 Å². The minimum atomic E-state index is -0.0269. The summed E-state index contributed by atoms with van der Waals surface area (Å²) in [4.78, 5) is 14.2. The van der Waals surface area contributed by atoms with Gasteiger partial charge in [-0.3, -0.25) is 4.79 Å². The van der Waals surface area contributed by atoms with Crippen molar-refractivity contribution in [3.05, 3.63) is 48.4 Å². The molecule has 22 heavy (non-hydrogen) atoms. The molecule has 5 nitrogen and oxygen atoms in total. The third-order valence-corrected chi connectivity index (χ3v) is 3.80. The van der Waals surface area contributed by atoms with Crippen LogP contribution in [0.4, 0.5) is 0 Å². The van der Waals surface area contributed by atoms with Crippen LogP contribution in [0.25, 0.3) is 0 Å². The molecule has 0 bridgehead atoms. The Hall–Kier alpha value is -2.43. The van der Waals surface area contributed by atoms with Crippen molar-refractivity contribution in [3.8, 4) is 11.5 Å². The molecular formula is C17H19NO4. The Labute approximate surface area is 129 Å². The number of piperidine rings is 1. The van der Waals surface area contributed by atoms with Crippen molar-refractivity contribution in [3.63, 3.8) is 0 Å². The Morgan fingerprint density at radius 2 is 2.09 bits per heavy atom. The number of amides is 1. The van der Waals surface area contributed by atoms with Crippen molar-refractivity contribution in [1.29, 1.82) is 0 Å². The van der Waals surface area contributed by atoms with Gasteiger partial charge in [0.1, 0.15) is 12.4 Å². The monoisotopic (exact) mass is 301 g/mol. The fraction of sp³-hybridized carbons (Fsp3) is 0.353. The van der Waals surface area contributed by atoms with E-state index in [2.05, 4.69) is 0 Å². The summed E-state index contributed by atoms with van der Waals surface area (Å²) in [6.07, 6.45) is 4.81. The molecule has 1 fully saturated rings. The molecule has 0 spiro atoms. The van der Waals surface area contributed by atoms with Crippen LogP contribution in [0, 0.1) is 0 Å². The van der Waals surface area contributed by atoms with Crippen molar-refractivity contribution in [2.75, 3.05) is 20.2 Å². The molecule has 0 radical (unpaired) electrons. The largest absolute Gasteiger partial charge is 0.493 e. The quantitative estimate of drug-likeness (QED) is 0.871. The predicted molar refractivity (Wildman–Crippen MR) is 81.3 cm³/mol. The highest BCUT2D eigenvalue weighted by Gasteiger charge is 2.26. The molecule has 0 saturated carbocycles. The van der Waals surface area contributed by atoms with Crippen LogP contribution in [0.3, 0.4) is 0 Å². The second kappa shape index (κ2) is 6.56. The smallest absolute Gasteiger partial charge is 0.257 e. The van der Waals surface area contributed by atoms with Gasteiger partial charge in [0.15, 0.2) is 11.5 Å². The highest BCUT2D eigenvalue weighted by atomic mass is 16.5. The second-order valence-electron chi connectivity index (χ2n) is 5.30. The van der Waals surface area contributed by atoms with Gasteiger partial charge in [0.05, 0.1) is 25.5 Å². The first-order valence-electron chi connectivity index (χ1n) is 7.39. The van der Waals surface area contributed by atoms with E-state index in [0.717, 1.165) is 19.4 Å². The number of hydrogen-bond donors (Lipinski definition) is 0. The summed E-state index contributed by atoms with van der Waals surface area (Å²) < 4.78 is 16.3. The molecule has 2 heterocycles. The molecule has 1 aromatic heterocycles. The topological polar surface area (TPSA) is 51.9 Å². The fourth-order valence-electron chi connectivity index (χ4n) is 2.68. The van der Waals surface area contributed by atoms with Crippen molar-refractivity contribution in [1.82, 2.24) is 4.90 Å². The zero-order valence-corrected chi connectivity index (χ0v) is 12.5. The number of likely N-dealkylation sites (tertiary alicyclic amines) is 1. The highest BCUT2D eigenvalue weighted by molar-refractivity contribution is 5.93. The van der Waals surface area contributed by atoms with Gasteiger partial charge in [-0.25, -0.2) is 0 Å². The Morgan fingerprint density at radius 1 is 1.27 bits per heavy atom. The average Bonchev–Trinajstić information content (AvgIpc) is 3.09. The van der Waals surface area contributed by atoms with E-state index in [1.54, 1.807) is 13.2 Å². The standard InChI is InChI=1S/C17H19NO4/c1-20-15-6-2-3-7-16(15)22-14-5-4-9-18(11-14)17(19)13-8-10-21-12-13/h2-3,6-8,10,12,14H,4-5,9,11H2,1H3. The minimum absolute atomic E-state index is 0.0120. The van der Waals surface area contributed by atoms with E-state index in [4.69, 9.17) is 13.9 Å². The van der Waals surface area contributed by atoms with E-state index in [9.17, 15) is 4.79 Å². The summed E-state index contributed by atoms with van der Waals surface area (Å²) in [5, 5.41) is 0. The van der Waals surface area contributed by atoms with E-state index in [1.807, 2.05) is 29.2 Å². The number of carbonyl (C=O) groups is 1. The lowest BCUT2D eigenvalue weighted by Gasteiger charge is -2.33. The summed E-state index contributed by atoms with van der Waals surface area (Å²) in [6, 6.07) is 9.26. The van der Waals surface area contributed by atoms with E-state index >= 15 is 0 Å². The third-order valence-electron chi connectivity index (χ3n) is 3.80. The van der Waals surface area contributed by atoms with Gasteiger partial charge < -0.3 is 18.8 Å². The Balaban J connectivity index is 1.67. The first-order valence-corrected chi connectivity index (χ1v) is 7.39. The highest BCUT2D eigenvalue weighted by Crippen LogP contribution is 2.28. The number of methoxy groups -OCH3 is 1. The average molecular weight is 301 g/mol. The molecule has 0 aliphatic carbocycles. The molecular weight excluding hydrogens is 282 g/mol. The Kier molecular flexibility index (Phi) is 4.32. The summed E-state index contributed by atoms with van der Waals surface area (Å²) in [5.74, 6) is 1.41. The van der Waals surface area contributed by atoms with Gasteiger partial charge in [0, 0.05) is 6.54 Å². The van der Waals surface area contributed by atoms with Crippen molar-refractivity contribution < 1.29 is 18.7 Å². The molecule has 1 unspecified atom stereocenters. The number of rotatable bonds is 4. The third kappa shape index (κ3) is 3.08. The number of benzene rings is 1. The maximum atomic E-state index is 12.4. The molecule has 1 saturated heterocycles. The van der Waals surface area contributed by atoms with E-state index in [0.29, 0.717) is 23.6 Å². The van der Waals surface area contributed by atoms with Crippen LogP contribution in [-0.2, 0) is 0 Å². The number of nitrogens with zero attached hydrogens (tertiary/aromatic N) is 1. The van der Waals surface area contributed by atoms with Gasteiger partial charge >= 0.3 is 0 Å². The van der Waals surface area contributed by atoms with Crippen LogP contribution < -0.4 is 9.47 Å². The Bertz CT molecular complexity index is 623. The predicted octanol–water partition coefficient (Wildman–Crippen LogP) is 2.97. The number of hydrogen-bond acceptors (Lipinski definition) is 4. The van der Waals surface area contributed by atoms with Crippen LogP contribution in [-0.4, -0.2) is 37.1 Å². The van der Waals surface area contributed by atoms with Gasteiger partial charge in [-0.2, -0.15) is 0 Å². The van der Waals surface area contributed by atoms with Crippen molar-refractivity contribution in [2.24, 2.45) is 0 Å². The van der Waals surface area contributed by atoms with Crippen molar-refractivity contribution >= 4 is 5.91 Å². The van der Waals surface area contributed by atoms with Gasteiger partial charge in [-0.05, 0) is 31.0 Å². The molecule has 3 rings (SSSR count). The molecule has 1 aromatic carbocycles. The van der Waals surface area contributed by atoms with Gasteiger partial charge in [-0.15, -0.1) is 0 Å². The van der Waals surface area contributed by atoms with Crippen LogP contribution in [0.5, 0.6) is 11.5 Å². The Morgan fingerprint density at radius 3 is 2.82 bits per heavy atom. The number of carbonyl (C=O) groups excluding carboxylic acids is 1. The molecule has 2 aromatic rings. The number of para-hydroxylation sites is 2. The normalized spacial score (nSPS) is 18.0. The van der Waals surface area contributed by atoms with Gasteiger partial charge in [0.2, 0.25) is 0 Å². The lowest BCUT2D eigenvalue weighted by atomic mass is 10.1. The first kappa shape index (κ1) is 14.5. The zero-order chi connectivity index (χ0) is 15.4. The summed E-state index contributed by atoms with van der Waals surface area (Å²) in [6.45, 7) is 1.32. The summed E-state index contributed by atoms with van der Waals surface area (Å²) >= 11 is 0. The SMILES string of the molecule is COc1ccccc1OC1CCCN(C(=O)c2ccoc2)C1. The molecule has 0 N–H and O–H groups in total. The van der Waals surface area contributed by atoms with Crippen LogP contribution in [0.1, 0.15) is 23.2 Å². The number of ether oxygens (including phenoxy) is 2. The van der Waals surface area contributed by atoms with Crippen molar-refractivity contribution in [2.45, 2.75) is 18.9 Å². The van der Waals surface area contributed by atoms with E-state index < -0.39 is 0 Å². The molecule has 116 valence electrons. The lowest BCUT2D eigenvalue weighted by Crippen LogP contribution is -2.44. The fourth-order valence-corrected chi connectivity index (χ4v) is 2.68. The van der Waals surface area contributed by atoms with Crippen LogP contribution in [0.15, 0.2) is 47.3 Å². The van der Waals surface area contributed by atoms with Gasteiger partial charge in [-0.1, -0.05) is 12.1 Å². The number of furan rings is 1. The molecule has 1 amide bonds. The minimum Gasteiger partial charge on any atom is -0.493 e. The lowest BCUT2D eigenvalue weighted by molar-refractivity contribution is 0.0531. The molecule has 1 aliphatic heterocycles. The molecule has 1 atom stereocenters. The molecule has 1 aliphatic rings. The maximum absolute atomic E-state index is 12.4. The summed E-state index contributed by atoms with van der Waals surface area (Å²) in [5.41, 5.74) is 0.581. The zero-order valence-electron chi connectivity index (χ0n) is 12.5. The van der Waals surface area contributed by atoms with E-state index in [-0.39, 0.29) is 12.0 Å². The van der Waals surface area contributed by atoms with Gasteiger partial charge in [0.25, 0.3) is 5.91 Å². The van der Waals surface area contributed by atoms with Crippen LogP contribution in [0.2, 0.25) is 0 Å². The molecule has 5 heteroatoms. The first-order chi connectivity index (χ1) is 10.8. The maximum Gasteiger partial charge on any atom is 0.257 e.